The topological polar surface area (TPSA) is 75.6 Å². The summed E-state index contributed by atoms with van der Waals surface area (Å²) >= 11 is 0. The molecule has 1 aliphatic carbocycles. The zero-order chi connectivity index (χ0) is 15.7. The zero-order valence-electron chi connectivity index (χ0n) is 12.7. The van der Waals surface area contributed by atoms with E-state index in [0.717, 1.165) is 12.8 Å². The Bertz CT molecular complexity index is 594. The summed E-state index contributed by atoms with van der Waals surface area (Å²) < 4.78 is 5.29. The summed E-state index contributed by atoms with van der Waals surface area (Å²) in [6.07, 6.45) is 1.54. The molecule has 0 aromatic heterocycles. The van der Waals surface area contributed by atoms with E-state index < -0.39 is 18.2 Å². The van der Waals surface area contributed by atoms with Crippen LogP contribution in [0.5, 0.6) is 0 Å². The Morgan fingerprint density at radius 3 is 2.55 bits per heavy atom. The Labute approximate surface area is 129 Å². The van der Waals surface area contributed by atoms with E-state index in [9.17, 15) is 9.59 Å². The number of nitrogens with one attached hydrogen (secondary N) is 1. The Balaban J connectivity index is 1.58. The van der Waals surface area contributed by atoms with Crippen LogP contribution in [0.3, 0.4) is 0 Å². The lowest BCUT2D eigenvalue weighted by atomic mass is 9.92. The van der Waals surface area contributed by atoms with Crippen molar-refractivity contribution < 1.29 is 19.4 Å². The molecule has 3 rings (SSSR count). The molecular weight excluding hydrogens is 282 g/mol. The average molecular weight is 303 g/mol. The van der Waals surface area contributed by atoms with Gasteiger partial charge in [-0.25, -0.2) is 4.79 Å². The highest BCUT2D eigenvalue weighted by atomic mass is 16.5. The summed E-state index contributed by atoms with van der Waals surface area (Å²) in [4.78, 5) is 23.0. The molecule has 2 atom stereocenters. The molecule has 1 aromatic carbocycles. The maximum atomic E-state index is 12.2. The summed E-state index contributed by atoms with van der Waals surface area (Å²) in [6.45, 7) is 2.68. The number of carbonyl (C=O) groups excluding carboxylic acids is 1. The minimum atomic E-state index is -0.992. The fourth-order valence-electron chi connectivity index (χ4n) is 3.24. The first-order valence-corrected chi connectivity index (χ1v) is 7.74. The van der Waals surface area contributed by atoms with E-state index in [2.05, 4.69) is 24.4 Å². The normalized spacial score (nSPS) is 25.7. The van der Waals surface area contributed by atoms with Gasteiger partial charge in [0, 0.05) is 12.0 Å². The average Bonchev–Trinajstić information content (AvgIpc) is 3.10. The molecular formula is C17H21NO4. The fourth-order valence-corrected chi connectivity index (χ4v) is 3.24. The Hall–Kier alpha value is -1.88. The quantitative estimate of drug-likeness (QED) is 0.869. The Morgan fingerprint density at radius 1 is 1.27 bits per heavy atom. The molecule has 2 N–H and O–H groups in total. The van der Waals surface area contributed by atoms with Gasteiger partial charge in [0.25, 0.3) is 0 Å². The van der Waals surface area contributed by atoms with E-state index in [1.54, 1.807) is 0 Å². The molecule has 22 heavy (non-hydrogen) atoms. The van der Waals surface area contributed by atoms with Crippen LogP contribution in [-0.4, -0.2) is 35.7 Å². The van der Waals surface area contributed by atoms with Gasteiger partial charge < -0.3 is 15.2 Å². The number of hydrogen-bond acceptors (Lipinski definition) is 3. The van der Waals surface area contributed by atoms with Gasteiger partial charge in [0.15, 0.2) is 6.10 Å². The number of aliphatic carboxylic acids is 1. The number of benzene rings is 1. The third kappa shape index (κ3) is 2.86. The fraction of sp³-hybridized carbons (Fsp3) is 0.529. The number of carbonyl (C=O) groups is 2. The van der Waals surface area contributed by atoms with Gasteiger partial charge in [-0.2, -0.15) is 0 Å². The van der Waals surface area contributed by atoms with Crippen LogP contribution < -0.4 is 5.32 Å². The van der Waals surface area contributed by atoms with Crippen molar-refractivity contribution in [3.8, 4) is 0 Å². The smallest absolute Gasteiger partial charge is 0.332 e. The van der Waals surface area contributed by atoms with Crippen molar-refractivity contribution in [2.75, 3.05) is 6.54 Å². The summed E-state index contributed by atoms with van der Waals surface area (Å²) in [5, 5.41) is 11.9. The van der Waals surface area contributed by atoms with Crippen LogP contribution in [0.1, 0.15) is 36.8 Å². The highest BCUT2D eigenvalue weighted by molar-refractivity contribution is 5.82. The van der Waals surface area contributed by atoms with Crippen LogP contribution in [0, 0.1) is 6.92 Å². The lowest BCUT2D eigenvalue weighted by molar-refractivity contribution is -0.151. The number of carboxylic acids is 1. The van der Waals surface area contributed by atoms with E-state index in [4.69, 9.17) is 9.84 Å². The first-order valence-electron chi connectivity index (χ1n) is 7.74. The van der Waals surface area contributed by atoms with E-state index in [1.165, 1.54) is 11.1 Å². The van der Waals surface area contributed by atoms with Gasteiger partial charge in [0.1, 0.15) is 6.10 Å². The van der Waals surface area contributed by atoms with Crippen LogP contribution in [0.4, 0.5) is 0 Å². The van der Waals surface area contributed by atoms with Crippen molar-refractivity contribution in [2.24, 2.45) is 0 Å². The lowest BCUT2D eigenvalue weighted by Gasteiger charge is -2.20. The summed E-state index contributed by atoms with van der Waals surface area (Å²) in [5.41, 5.74) is 2.59. The minimum absolute atomic E-state index is 0.0474. The van der Waals surface area contributed by atoms with E-state index in [1.807, 2.05) is 12.1 Å². The third-order valence-corrected chi connectivity index (χ3v) is 4.76. The van der Waals surface area contributed by atoms with Crippen LogP contribution >= 0.6 is 0 Å². The lowest BCUT2D eigenvalue weighted by Crippen LogP contribution is -2.39. The van der Waals surface area contributed by atoms with Crippen molar-refractivity contribution in [3.63, 3.8) is 0 Å². The molecule has 5 heteroatoms. The summed E-state index contributed by atoms with van der Waals surface area (Å²) in [6, 6.07) is 8.27. The molecule has 2 fully saturated rings. The van der Waals surface area contributed by atoms with Gasteiger partial charge in [0.05, 0.1) is 0 Å². The third-order valence-electron chi connectivity index (χ3n) is 4.76. The van der Waals surface area contributed by atoms with Gasteiger partial charge in [-0.1, -0.05) is 24.3 Å². The van der Waals surface area contributed by atoms with E-state index in [0.29, 0.717) is 19.4 Å². The predicted molar refractivity (Wildman–Crippen MR) is 80.6 cm³/mol. The first kappa shape index (κ1) is 15.0. The number of hydrogen-bond donors (Lipinski definition) is 2. The van der Waals surface area contributed by atoms with Gasteiger partial charge in [-0.3, -0.25) is 4.79 Å². The van der Waals surface area contributed by atoms with Crippen molar-refractivity contribution in [2.45, 2.75) is 50.2 Å². The predicted octanol–water partition coefficient (Wildman–Crippen LogP) is 1.78. The van der Waals surface area contributed by atoms with Gasteiger partial charge in [-0.15, -0.1) is 0 Å². The van der Waals surface area contributed by atoms with Gasteiger partial charge >= 0.3 is 5.97 Å². The standard InChI is InChI=1S/C17H21NO4/c1-11-4-2-3-5-12(11)17(8-9-17)10-18-15(19)13-6-7-14(22-13)16(20)21/h2-5,13-14H,6-10H2,1H3,(H,18,19)(H,20,21)/t13-,14+/m0/s1. The number of aryl methyl sites for hydroxylation is 1. The molecule has 1 saturated carbocycles. The molecule has 0 bridgehead atoms. The van der Waals surface area contributed by atoms with Crippen molar-refractivity contribution >= 4 is 11.9 Å². The number of amides is 1. The maximum absolute atomic E-state index is 12.2. The van der Waals surface area contributed by atoms with Gasteiger partial charge in [0.2, 0.25) is 5.91 Å². The highest BCUT2D eigenvalue weighted by Gasteiger charge is 2.45. The number of ether oxygens (including phenoxy) is 1. The van der Waals surface area contributed by atoms with Gasteiger partial charge in [-0.05, 0) is 43.7 Å². The summed E-state index contributed by atoms with van der Waals surface area (Å²) in [5.74, 6) is -1.18. The molecule has 1 saturated heterocycles. The zero-order valence-corrected chi connectivity index (χ0v) is 12.7. The van der Waals surface area contributed by atoms with Crippen molar-refractivity contribution in [3.05, 3.63) is 35.4 Å². The Kier molecular flexibility index (Phi) is 3.91. The minimum Gasteiger partial charge on any atom is -0.479 e. The molecule has 0 spiro atoms. The summed E-state index contributed by atoms with van der Waals surface area (Å²) in [7, 11) is 0. The molecule has 1 aromatic rings. The van der Waals surface area contributed by atoms with Crippen LogP contribution in [0.25, 0.3) is 0 Å². The van der Waals surface area contributed by atoms with E-state index in [-0.39, 0.29) is 11.3 Å². The molecule has 2 aliphatic rings. The van der Waals surface area contributed by atoms with Crippen molar-refractivity contribution in [1.29, 1.82) is 0 Å². The molecule has 0 unspecified atom stereocenters. The molecule has 1 heterocycles. The largest absolute Gasteiger partial charge is 0.479 e. The molecule has 1 aliphatic heterocycles. The number of carboxylic acid groups (broad SMARTS) is 1. The molecule has 0 radical (unpaired) electrons. The Morgan fingerprint density at radius 2 is 1.95 bits per heavy atom. The number of rotatable bonds is 5. The second-order valence-corrected chi connectivity index (χ2v) is 6.34. The maximum Gasteiger partial charge on any atom is 0.332 e. The molecule has 118 valence electrons. The second-order valence-electron chi connectivity index (χ2n) is 6.34. The van der Waals surface area contributed by atoms with Crippen LogP contribution in [-0.2, 0) is 19.7 Å². The van der Waals surface area contributed by atoms with Crippen LogP contribution in [0.15, 0.2) is 24.3 Å². The monoisotopic (exact) mass is 303 g/mol. The molecule has 5 nitrogen and oxygen atoms in total. The SMILES string of the molecule is Cc1ccccc1C1(CNC(=O)[C@@H]2CC[C@H](C(=O)O)O2)CC1. The highest BCUT2D eigenvalue weighted by Crippen LogP contribution is 2.48. The van der Waals surface area contributed by atoms with E-state index >= 15 is 0 Å². The van der Waals surface area contributed by atoms with Crippen molar-refractivity contribution in [1.82, 2.24) is 5.32 Å². The second kappa shape index (κ2) is 5.72. The molecule has 1 amide bonds. The first-order chi connectivity index (χ1) is 10.5. The van der Waals surface area contributed by atoms with Crippen LogP contribution in [0.2, 0.25) is 0 Å².